The van der Waals surface area contributed by atoms with E-state index in [4.69, 9.17) is 25.8 Å². The monoisotopic (exact) mass is 689 g/mol. The van der Waals surface area contributed by atoms with Crippen molar-refractivity contribution < 1.29 is 33.4 Å². The van der Waals surface area contributed by atoms with E-state index in [1.807, 2.05) is 26.0 Å². The summed E-state index contributed by atoms with van der Waals surface area (Å²) in [6, 6.07) is 10.6. The number of nitrogens with zero attached hydrogens (tertiary/aromatic N) is 2. The lowest BCUT2D eigenvalue weighted by Gasteiger charge is -2.32. The molecule has 14 heteroatoms. The zero-order chi connectivity index (χ0) is 33.9. The number of hydrogen-bond acceptors (Lipinski definition) is 9. The van der Waals surface area contributed by atoms with E-state index in [1.54, 1.807) is 31.2 Å². The first kappa shape index (κ1) is 36.3. The second-order valence-electron chi connectivity index (χ2n) is 11.8. The number of amides is 4. The van der Waals surface area contributed by atoms with Crippen molar-refractivity contribution >= 4 is 47.0 Å². The van der Waals surface area contributed by atoms with Gasteiger partial charge in [0.25, 0.3) is 11.8 Å². The van der Waals surface area contributed by atoms with Crippen molar-refractivity contribution in [1.82, 2.24) is 25.8 Å². The molecule has 0 aromatic heterocycles. The van der Waals surface area contributed by atoms with Crippen molar-refractivity contribution in [2.45, 2.75) is 43.9 Å². The maximum absolute atomic E-state index is 13.6. The molecule has 2 aromatic carbocycles. The van der Waals surface area contributed by atoms with E-state index < -0.39 is 30.0 Å². The number of carbonyl (C=O) groups excluding carboxylic acids is 4. The van der Waals surface area contributed by atoms with Gasteiger partial charge in [-0.2, -0.15) is 0 Å². The molecule has 2 aliphatic heterocycles. The first-order chi connectivity index (χ1) is 22.5. The summed E-state index contributed by atoms with van der Waals surface area (Å²) in [5.41, 5.74) is 0.294. The summed E-state index contributed by atoms with van der Waals surface area (Å²) in [4.78, 5) is 58.6. The highest BCUT2D eigenvalue weighted by molar-refractivity contribution is 8.00. The lowest BCUT2D eigenvalue weighted by atomic mass is 10.0. The van der Waals surface area contributed by atoms with E-state index in [9.17, 15) is 19.2 Å². The second-order valence-corrected chi connectivity index (χ2v) is 13.3. The Balaban J connectivity index is 1.58. The van der Waals surface area contributed by atoms with Gasteiger partial charge in [0.1, 0.15) is 0 Å². The molecule has 0 radical (unpaired) electrons. The summed E-state index contributed by atoms with van der Waals surface area (Å²) in [6.07, 6.45) is -1.17. The van der Waals surface area contributed by atoms with Gasteiger partial charge in [-0.05, 0) is 55.3 Å². The van der Waals surface area contributed by atoms with Crippen molar-refractivity contribution in [3.8, 4) is 11.5 Å². The fourth-order valence-electron chi connectivity index (χ4n) is 5.17. The minimum atomic E-state index is -1.17. The molecule has 1 fully saturated rings. The first-order valence-corrected chi connectivity index (χ1v) is 17.1. The SMILES string of the molecule is COc1ccc2cc1O[C@@H](C(=O)NCCN1CCOCC1)[C@H](C)NC(=O)CN(C(=O)CSc1ccc(Cl)cc1)C[C@H](C(C)C)NC2=O. The van der Waals surface area contributed by atoms with Gasteiger partial charge >= 0.3 is 0 Å². The van der Waals surface area contributed by atoms with Gasteiger partial charge in [0.15, 0.2) is 17.6 Å². The lowest BCUT2D eigenvalue weighted by molar-refractivity contribution is -0.136. The number of thioether (sulfide) groups is 1. The Hall–Kier alpha value is -3.52. The van der Waals surface area contributed by atoms with Crippen molar-refractivity contribution in [2.75, 3.05) is 65.3 Å². The molecule has 3 N–H and O–H groups in total. The van der Waals surface area contributed by atoms with Crippen molar-refractivity contribution in [2.24, 2.45) is 5.92 Å². The third-order valence-corrected chi connectivity index (χ3v) is 9.26. The predicted octanol–water partition coefficient (Wildman–Crippen LogP) is 2.44. The topological polar surface area (TPSA) is 139 Å². The molecule has 2 bridgehead atoms. The van der Waals surface area contributed by atoms with Gasteiger partial charge in [-0.15, -0.1) is 11.8 Å². The number of morpholine rings is 1. The van der Waals surface area contributed by atoms with E-state index in [0.717, 1.165) is 18.0 Å². The average Bonchev–Trinajstić information content (AvgIpc) is 3.05. The van der Waals surface area contributed by atoms with Crippen LogP contribution in [0, 0.1) is 5.92 Å². The molecule has 3 atom stereocenters. The van der Waals surface area contributed by atoms with Crippen LogP contribution in [0.4, 0.5) is 0 Å². The number of hydrogen-bond donors (Lipinski definition) is 3. The normalized spacial score (nSPS) is 21.2. The van der Waals surface area contributed by atoms with Gasteiger partial charge < -0.3 is 35.1 Å². The van der Waals surface area contributed by atoms with Crippen LogP contribution in [0.25, 0.3) is 0 Å². The Bertz CT molecular complexity index is 1390. The summed E-state index contributed by atoms with van der Waals surface area (Å²) in [5.74, 6) is -1.06. The van der Waals surface area contributed by atoms with Crippen molar-refractivity contribution in [3.05, 3.63) is 53.1 Å². The average molecular weight is 690 g/mol. The number of benzene rings is 2. The number of rotatable bonds is 9. The van der Waals surface area contributed by atoms with Gasteiger partial charge in [-0.3, -0.25) is 24.1 Å². The van der Waals surface area contributed by atoms with Crippen LogP contribution < -0.4 is 25.4 Å². The molecule has 2 heterocycles. The Morgan fingerprint density at radius 1 is 1.11 bits per heavy atom. The maximum Gasteiger partial charge on any atom is 0.263 e. The van der Waals surface area contributed by atoms with Crippen LogP contribution in [0.5, 0.6) is 11.5 Å². The largest absolute Gasteiger partial charge is 0.493 e. The van der Waals surface area contributed by atoms with Gasteiger partial charge in [0.2, 0.25) is 11.8 Å². The number of methoxy groups -OCH3 is 1. The number of fused-ring (bicyclic) bond motifs is 2. The lowest BCUT2D eigenvalue weighted by Crippen LogP contribution is -2.56. The van der Waals surface area contributed by atoms with Crippen molar-refractivity contribution in [1.29, 1.82) is 0 Å². The molecule has 0 saturated carbocycles. The standard InChI is InChI=1S/C33H44ClN5O7S/c1-21(2)26-18-39(30(41)20-47-25-8-6-24(34)7-9-25)19-29(40)36-22(3)31(33(43)35-11-12-38-13-15-45-16-14-38)46-28-17-23(32(42)37-26)5-10-27(28)44-4/h5-10,17,21-22,26,31H,11-16,18-20H2,1-4H3,(H,35,43)(H,36,40)(H,37,42)/t22-,26+,31+/m0/s1. The highest BCUT2D eigenvalue weighted by Crippen LogP contribution is 2.30. The summed E-state index contributed by atoms with van der Waals surface area (Å²) in [7, 11) is 1.47. The molecule has 2 aromatic rings. The highest BCUT2D eigenvalue weighted by Gasteiger charge is 2.32. The third kappa shape index (κ3) is 10.7. The Morgan fingerprint density at radius 3 is 2.51 bits per heavy atom. The zero-order valence-electron chi connectivity index (χ0n) is 27.3. The molecule has 256 valence electrons. The molecule has 4 rings (SSSR count). The van der Waals surface area contributed by atoms with E-state index in [-0.39, 0.29) is 42.3 Å². The Labute approximate surface area is 285 Å². The molecular weight excluding hydrogens is 646 g/mol. The van der Waals surface area contributed by atoms with Crippen LogP contribution in [-0.2, 0) is 19.1 Å². The summed E-state index contributed by atoms with van der Waals surface area (Å²) in [6.45, 7) is 9.20. The molecule has 0 spiro atoms. The van der Waals surface area contributed by atoms with Crippen LogP contribution in [0.1, 0.15) is 31.1 Å². The number of halogens is 1. The molecule has 12 nitrogen and oxygen atoms in total. The van der Waals surface area contributed by atoms with Gasteiger partial charge in [-0.1, -0.05) is 25.4 Å². The minimum Gasteiger partial charge on any atom is -0.493 e. The second kappa shape index (κ2) is 17.6. The molecule has 1 saturated heterocycles. The third-order valence-electron chi connectivity index (χ3n) is 8.01. The van der Waals surface area contributed by atoms with E-state index in [1.165, 1.54) is 29.8 Å². The number of nitrogens with one attached hydrogen (secondary N) is 3. The predicted molar refractivity (Wildman–Crippen MR) is 180 cm³/mol. The van der Waals surface area contributed by atoms with E-state index in [0.29, 0.717) is 42.6 Å². The van der Waals surface area contributed by atoms with E-state index in [2.05, 4.69) is 20.9 Å². The van der Waals surface area contributed by atoms with Crippen LogP contribution >= 0.6 is 23.4 Å². The van der Waals surface area contributed by atoms with Crippen LogP contribution in [-0.4, -0.2) is 117 Å². The van der Waals surface area contributed by atoms with Gasteiger partial charge in [0.05, 0.1) is 38.7 Å². The fraction of sp³-hybridized carbons (Fsp3) is 0.515. The van der Waals surface area contributed by atoms with E-state index >= 15 is 0 Å². The van der Waals surface area contributed by atoms with Crippen LogP contribution in [0.3, 0.4) is 0 Å². The maximum atomic E-state index is 13.6. The molecule has 2 aliphatic rings. The quantitative estimate of drug-likeness (QED) is 0.339. The summed E-state index contributed by atoms with van der Waals surface area (Å²) < 4.78 is 17.1. The molecule has 0 aliphatic carbocycles. The molecule has 4 amide bonds. The molecule has 0 unspecified atom stereocenters. The van der Waals surface area contributed by atoms with Crippen LogP contribution in [0.2, 0.25) is 5.02 Å². The number of ether oxygens (including phenoxy) is 3. The van der Waals surface area contributed by atoms with Gasteiger partial charge in [0, 0.05) is 54.2 Å². The highest BCUT2D eigenvalue weighted by atomic mass is 35.5. The minimum absolute atomic E-state index is 0.0624. The summed E-state index contributed by atoms with van der Waals surface area (Å²) >= 11 is 7.33. The molecule has 47 heavy (non-hydrogen) atoms. The molecular formula is C33H44ClN5O7S. The smallest absolute Gasteiger partial charge is 0.263 e. The van der Waals surface area contributed by atoms with Gasteiger partial charge in [-0.25, -0.2) is 0 Å². The Morgan fingerprint density at radius 2 is 1.83 bits per heavy atom. The summed E-state index contributed by atoms with van der Waals surface area (Å²) in [5, 5.41) is 9.41. The Kier molecular flexibility index (Phi) is 13.6. The zero-order valence-corrected chi connectivity index (χ0v) is 28.8. The number of carbonyl (C=O) groups is 4. The van der Waals surface area contributed by atoms with Crippen molar-refractivity contribution in [3.63, 3.8) is 0 Å². The van der Waals surface area contributed by atoms with Crippen LogP contribution in [0.15, 0.2) is 47.4 Å². The fourth-order valence-corrected chi connectivity index (χ4v) is 6.10. The first-order valence-electron chi connectivity index (χ1n) is 15.7.